The average Bonchev–Trinajstić information content (AvgIpc) is 3.17. The normalized spacial score (nSPS) is 20.8. The van der Waals surface area contributed by atoms with Crippen molar-refractivity contribution < 1.29 is 4.74 Å². The summed E-state index contributed by atoms with van der Waals surface area (Å²) in [5.74, 6) is 1.79. The van der Waals surface area contributed by atoms with E-state index in [1.807, 2.05) is 24.3 Å². The minimum absolute atomic E-state index is 0. The fourth-order valence-corrected chi connectivity index (χ4v) is 2.89. The Balaban J connectivity index is 0.00000208. The van der Waals surface area contributed by atoms with Crippen LogP contribution in [-0.4, -0.2) is 48.3 Å². The molecule has 1 aliphatic heterocycles. The van der Waals surface area contributed by atoms with Crippen LogP contribution in [0, 0.1) is 0 Å². The smallest absolute Gasteiger partial charge is 0.191 e. The van der Waals surface area contributed by atoms with Crippen LogP contribution in [0.25, 0.3) is 11.0 Å². The van der Waals surface area contributed by atoms with Gasteiger partial charge in [-0.1, -0.05) is 12.1 Å². The molecule has 0 spiro atoms. The van der Waals surface area contributed by atoms with Crippen molar-refractivity contribution in [2.24, 2.45) is 4.99 Å². The van der Waals surface area contributed by atoms with Gasteiger partial charge in [0, 0.05) is 33.2 Å². The van der Waals surface area contributed by atoms with E-state index >= 15 is 0 Å². The Kier molecular flexibility index (Phi) is 6.85. The number of hydrogen-bond acceptors (Lipinski definition) is 3. The van der Waals surface area contributed by atoms with Crippen LogP contribution in [0.2, 0.25) is 0 Å². The lowest BCUT2D eigenvalue weighted by Crippen LogP contribution is -2.46. The number of aromatic amines is 1. The van der Waals surface area contributed by atoms with Gasteiger partial charge in [0.25, 0.3) is 0 Å². The number of hydrogen-bond donors (Lipinski definition) is 3. The van der Waals surface area contributed by atoms with Crippen molar-refractivity contribution in [3.8, 4) is 0 Å². The molecule has 0 saturated carbocycles. The lowest BCUT2D eigenvalue weighted by Gasteiger charge is -2.24. The summed E-state index contributed by atoms with van der Waals surface area (Å²) in [6.45, 7) is 4.55. The van der Waals surface area contributed by atoms with E-state index in [2.05, 4.69) is 32.5 Å². The van der Waals surface area contributed by atoms with Gasteiger partial charge in [0.05, 0.1) is 16.6 Å². The number of aliphatic imine (C=N–C) groups is 1. The number of fused-ring (bicyclic) bond motifs is 1. The van der Waals surface area contributed by atoms with Crippen molar-refractivity contribution in [3.05, 3.63) is 30.1 Å². The predicted molar refractivity (Wildman–Crippen MR) is 108 cm³/mol. The Morgan fingerprint density at radius 2 is 2.21 bits per heavy atom. The van der Waals surface area contributed by atoms with Crippen LogP contribution >= 0.6 is 24.0 Å². The van der Waals surface area contributed by atoms with Crippen molar-refractivity contribution in [3.63, 3.8) is 0 Å². The van der Waals surface area contributed by atoms with Gasteiger partial charge in [-0.3, -0.25) is 4.99 Å². The molecule has 2 aromatic rings. The third-order valence-corrected chi connectivity index (χ3v) is 4.25. The monoisotopic (exact) mass is 443 g/mol. The zero-order valence-electron chi connectivity index (χ0n) is 14.3. The van der Waals surface area contributed by atoms with Crippen molar-refractivity contribution in [1.29, 1.82) is 0 Å². The van der Waals surface area contributed by atoms with Crippen molar-refractivity contribution in [2.45, 2.75) is 31.8 Å². The van der Waals surface area contributed by atoms with Crippen molar-refractivity contribution >= 4 is 41.0 Å². The highest BCUT2D eigenvalue weighted by Crippen LogP contribution is 2.23. The second kappa shape index (κ2) is 8.66. The van der Waals surface area contributed by atoms with Gasteiger partial charge in [-0.2, -0.15) is 0 Å². The Hall–Kier alpha value is -1.35. The summed E-state index contributed by atoms with van der Waals surface area (Å²) < 4.78 is 5.78. The maximum Gasteiger partial charge on any atom is 0.191 e. The molecular weight excluding hydrogens is 417 g/mol. The number of para-hydroxylation sites is 2. The molecule has 1 aromatic heterocycles. The summed E-state index contributed by atoms with van der Waals surface area (Å²) in [5, 5.41) is 6.67. The van der Waals surface area contributed by atoms with Crippen LogP contribution in [-0.2, 0) is 11.2 Å². The van der Waals surface area contributed by atoms with E-state index in [-0.39, 0.29) is 29.6 Å². The highest BCUT2D eigenvalue weighted by Gasteiger charge is 2.29. The summed E-state index contributed by atoms with van der Waals surface area (Å²) in [5.41, 5.74) is 2.02. The predicted octanol–water partition coefficient (Wildman–Crippen LogP) is 2.46. The van der Waals surface area contributed by atoms with Crippen LogP contribution < -0.4 is 10.6 Å². The number of nitrogens with one attached hydrogen (secondary N) is 3. The maximum absolute atomic E-state index is 5.78. The molecule has 2 heterocycles. The number of aromatic nitrogens is 2. The molecule has 1 unspecified atom stereocenters. The Morgan fingerprint density at radius 3 is 2.92 bits per heavy atom. The van der Waals surface area contributed by atoms with Gasteiger partial charge in [-0.15, -0.1) is 24.0 Å². The van der Waals surface area contributed by atoms with Crippen LogP contribution in [0.4, 0.5) is 0 Å². The fraction of sp³-hybridized carbons (Fsp3) is 0.529. The first-order valence-electron chi connectivity index (χ1n) is 8.21. The summed E-state index contributed by atoms with van der Waals surface area (Å²) in [6.07, 6.45) is 3.05. The van der Waals surface area contributed by atoms with Crippen LogP contribution in [0.5, 0.6) is 0 Å². The van der Waals surface area contributed by atoms with E-state index in [4.69, 9.17) is 4.74 Å². The molecule has 0 aliphatic carbocycles. The summed E-state index contributed by atoms with van der Waals surface area (Å²) in [7, 11) is 1.79. The molecular formula is C17H26IN5O. The SMILES string of the molecule is CN=C(NCCc1nc2ccccc2[nH]1)NCC1(C)CCCO1.I. The number of rotatable bonds is 5. The van der Waals surface area contributed by atoms with E-state index in [0.29, 0.717) is 0 Å². The summed E-state index contributed by atoms with van der Waals surface area (Å²) >= 11 is 0. The molecule has 132 valence electrons. The second-order valence-electron chi connectivity index (χ2n) is 6.21. The van der Waals surface area contributed by atoms with Gasteiger partial charge in [0.15, 0.2) is 5.96 Å². The molecule has 3 N–H and O–H groups in total. The van der Waals surface area contributed by atoms with Gasteiger partial charge in [-0.25, -0.2) is 4.98 Å². The largest absolute Gasteiger partial charge is 0.373 e. The molecule has 1 aromatic carbocycles. The Labute approximate surface area is 159 Å². The van der Waals surface area contributed by atoms with Crippen LogP contribution in [0.15, 0.2) is 29.3 Å². The molecule has 1 fully saturated rings. The fourth-order valence-electron chi connectivity index (χ4n) is 2.89. The highest BCUT2D eigenvalue weighted by molar-refractivity contribution is 14.0. The molecule has 1 saturated heterocycles. The molecule has 1 aliphatic rings. The second-order valence-corrected chi connectivity index (χ2v) is 6.21. The van der Waals surface area contributed by atoms with Gasteiger partial charge in [-0.05, 0) is 31.9 Å². The highest BCUT2D eigenvalue weighted by atomic mass is 127. The van der Waals surface area contributed by atoms with Crippen molar-refractivity contribution in [1.82, 2.24) is 20.6 Å². The molecule has 6 nitrogen and oxygen atoms in total. The van der Waals surface area contributed by atoms with E-state index < -0.39 is 0 Å². The van der Waals surface area contributed by atoms with E-state index in [9.17, 15) is 0 Å². The Bertz CT molecular complexity index is 645. The first-order valence-corrected chi connectivity index (χ1v) is 8.21. The number of halogens is 1. The minimum atomic E-state index is -0.0731. The lowest BCUT2D eigenvalue weighted by atomic mass is 10.0. The zero-order chi connectivity index (χ0) is 16.1. The molecule has 0 radical (unpaired) electrons. The Morgan fingerprint density at radius 1 is 1.38 bits per heavy atom. The molecule has 0 amide bonds. The molecule has 1 atom stereocenters. The van der Waals surface area contributed by atoms with Crippen LogP contribution in [0.1, 0.15) is 25.6 Å². The first-order chi connectivity index (χ1) is 11.2. The quantitative estimate of drug-likeness (QED) is 0.377. The number of nitrogens with zero attached hydrogens (tertiary/aromatic N) is 2. The minimum Gasteiger partial charge on any atom is -0.373 e. The van der Waals surface area contributed by atoms with Gasteiger partial charge >= 0.3 is 0 Å². The molecule has 0 bridgehead atoms. The maximum atomic E-state index is 5.78. The standard InChI is InChI=1S/C17H25N5O.HI/c1-17(9-5-11-23-17)12-20-16(18-2)19-10-8-15-21-13-6-3-4-7-14(13)22-15;/h3-4,6-7H,5,8-12H2,1-2H3,(H,21,22)(H2,18,19,20);1H. The van der Waals surface area contributed by atoms with Crippen LogP contribution in [0.3, 0.4) is 0 Å². The lowest BCUT2D eigenvalue weighted by molar-refractivity contribution is 0.0243. The first kappa shape index (κ1) is 19.0. The van der Waals surface area contributed by atoms with Gasteiger partial charge in [0.1, 0.15) is 5.82 Å². The molecule has 3 rings (SSSR count). The number of benzene rings is 1. The van der Waals surface area contributed by atoms with E-state index in [0.717, 1.165) is 61.8 Å². The zero-order valence-corrected chi connectivity index (χ0v) is 16.6. The topological polar surface area (TPSA) is 74.3 Å². The van der Waals surface area contributed by atoms with Gasteiger partial charge < -0.3 is 20.4 Å². The van der Waals surface area contributed by atoms with Crippen molar-refractivity contribution in [2.75, 3.05) is 26.7 Å². The number of imidazole rings is 1. The molecule has 7 heteroatoms. The number of H-pyrrole nitrogens is 1. The summed E-state index contributed by atoms with van der Waals surface area (Å²) in [4.78, 5) is 12.2. The molecule has 24 heavy (non-hydrogen) atoms. The number of ether oxygens (including phenoxy) is 1. The third-order valence-electron chi connectivity index (χ3n) is 4.25. The van der Waals surface area contributed by atoms with E-state index in [1.165, 1.54) is 0 Å². The van der Waals surface area contributed by atoms with E-state index in [1.54, 1.807) is 7.05 Å². The average molecular weight is 443 g/mol. The number of guanidine groups is 1. The third kappa shape index (κ3) is 4.83. The summed E-state index contributed by atoms with van der Waals surface area (Å²) in [6, 6.07) is 8.08. The van der Waals surface area contributed by atoms with Gasteiger partial charge in [0.2, 0.25) is 0 Å².